The number of carbonyl (C=O) groups excluding carboxylic acids is 1. The van der Waals surface area contributed by atoms with Crippen LogP contribution in [0.5, 0.6) is 0 Å². The fourth-order valence-electron chi connectivity index (χ4n) is 6.36. The van der Waals surface area contributed by atoms with Crippen LogP contribution in [0.15, 0.2) is 29.1 Å². The van der Waals surface area contributed by atoms with E-state index in [0.29, 0.717) is 29.2 Å². The van der Waals surface area contributed by atoms with Crippen LogP contribution >= 0.6 is 7.75 Å². The highest BCUT2D eigenvalue weighted by molar-refractivity contribution is 7.50. The maximum Gasteiger partial charge on any atom is 0.430 e. The van der Waals surface area contributed by atoms with E-state index in [9.17, 15) is 23.9 Å². The number of hydrogen-bond acceptors (Lipinski definition) is 5. The van der Waals surface area contributed by atoms with Crippen molar-refractivity contribution in [2.45, 2.75) is 109 Å². The highest BCUT2D eigenvalue weighted by Gasteiger charge is 2.35. The standard InChI is InChI=1S/C26H39N4O5P/c1-18-11-10-14-21(29(18)20-12-6-4-3-5-7-13-20)17-19(2)30-23-16-9-8-15-22(23)27-24(26(30)32)25(31)28-36(33,34)35/h8-9,15-16,18-21H,3-7,10-14,17H2,1-2H3,(H3,28,31,33,34,35)/t18-,19-,21-/m1/s1. The molecule has 1 aromatic carbocycles. The van der Waals surface area contributed by atoms with Crippen molar-refractivity contribution in [3.63, 3.8) is 0 Å². The molecule has 1 saturated heterocycles. The van der Waals surface area contributed by atoms with Gasteiger partial charge in [-0.05, 0) is 58.1 Å². The Morgan fingerprint density at radius 1 is 1.08 bits per heavy atom. The van der Waals surface area contributed by atoms with Gasteiger partial charge in [0.05, 0.1) is 11.0 Å². The molecule has 1 aliphatic heterocycles. The van der Waals surface area contributed by atoms with Crippen LogP contribution < -0.4 is 10.6 Å². The normalized spacial score (nSPS) is 23.7. The summed E-state index contributed by atoms with van der Waals surface area (Å²) in [4.78, 5) is 51.4. The summed E-state index contributed by atoms with van der Waals surface area (Å²) in [5, 5.41) is 1.60. The number of benzene rings is 1. The molecule has 9 nitrogen and oxygen atoms in total. The van der Waals surface area contributed by atoms with Gasteiger partial charge in [0.15, 0.2) is 5.69 Å². The lowest BCUT2D eigenvalue weighted by molar-refractivity contribution is 0.0241. The van der Waals surface area contributed by atoms with E-state index in [4.69, 9.17) is 0 Å². The number of likely N-dealkylation sites (tertiary alicyclic amines) is 1. The summed E-state index contributed by atoms with van der Waals surface area (Å²) in [7, 11) is -4.87. The zero-order valence-electron chi connectivity index (χ0n) is 21.3. The van der Waals surface area contributed by atoms with E-state index in [0.717, 1.165) is 19.3 Å². The smallest absolute Gasteiger partial charge is 0.308 e. The van der Waals surface area contributed by atoms with Crippen molar-refractivity contribution in [3.8, 4) is 0 Å². The Morgan fingerprint density at radius 2 is 1.75 bits per heavy atom. The van der Waals surface area contributed by atoms with E-state index in [1.165, 1.54) is 51.4 Å². The van der Waals surface area contributed by atoms with Crippen LogP contribution in [-0.4, -0.2) is 48.3 Å². The van der Waals surface area contributed by atoms with E-state index < -0.39 is 24.9 Å². The maximum absolute atomic E-state index is 13.5. The summed E-state index contributed by atoms with van der Waals surface area (Å²) in [6.45, 7) is 4.32. The lowest BCUT2D eigenvalue weighted by Gasteiger charge is -2.47. The Morgan fingerprint density at radius 3 is 2.44 bits per heavy atom. The summed E-state index contributed by atoms with van der Waals surface area (Å²) in [6, 6.07) is 8.27. The highest BCUT2D eigenvalue weighted by atomic mass is 31.2. The third kappa shape index (κ3) is 6.25. The first-order valence-corrected chi connectivity index (χ1v) is 14.9. The number of aromatic nitrogens is 2. The first-order chi connectivity index (χ1) is 17.2. The number of amides is 1. The van der Waals surface area contributed by atoms with Crippen molar-refractivity contribution < 1.29 is 19.1 Å². The van der Waals surface area contributed by atoms with Crippen molar-refractivity contribution in [3.05, 3.63) is 40.3 Å². The minimum Gasteiger partial charge on any atom is -0.308 e. The second-order valence-electron chi connectivity index (χ2n) is 10.6. The van der Waals surface area contributed by atoms with Crippen molar-refractivity contribution in [1.82, 2.24) is 19.5 Å². The quantitative estimate of drug-likeness (QED) is 0.480. The number of nitrogens with one attached hydrogen (secondary N) is 1. The molecular formula is C26H39N4O5P. The monoisotopic (exact) mass is 518 g/mol. The SMILES string of the molecule is C[C@@H]1CCC[C@H](C[C@@H](C)n2c(=O)c(C(=O)NP(=O)(O)O)nc3ccccc32)N1C1CCCCCCC1. The second-order valence-corrected chi connectivity index (χ2v) is 11.9. The van der Waals surface area contributed by atoms with Crippen LogP contribution in [0.3, 0.4) is 0 Å². The van der Waals surface area contributed by atoms with Crippen molar-refractivity contribution >= 4 is 24.7 Å². The fourth-order valence-corrected chi connectivity index (χ4v) is 6.73. The molecule has 0 spiro atoms. The third-order valence-corrected chi connectivity index (χ3v) is 8.39. The summed E-state index contributed by atoms with van der Waals surface area (Å²) >= 11 is 0. The Kier molecular flexibility index (Phi) is 8.66. The molecule has 2 fully saturated rings. The molecule has 2 aromatic rings. The predicted molar refractivity (Wildman–Crippen MR) is 140 cm³/mol. The largest absolute Gasteiger partial charge is 0.430 e. The first-order valence-electron chi connectivity index (χ1n) is 13.3. The molecule has 1 amide bonds. The second kappa shape index (κ2) is 11.5. The number of fused-ring (bicyclic) bond motifs is 1. The van der Waals surface area contributed by atoms with Crippen molar-refractivity contribution in [2.75, 3.05) is 0 Å². The van der Waals surface area contributed by atoms with Gasteiger partial charge < -0.3 is 14.4 Å². The lowest BCUT2D eigenvalue weighted by atomic mass is 9.86. The lowest BCUT2D eigenvalue weighted by Crippen LogP contribution is -2.52. The van der Waals surface area contributed by atoms with Gasteiger partial charge in [-0.3, -0.25) is 19.6 Å². The van der Waals surface area contributed by atoms with Crippen LogP contribution in [0.2, 0.25) is 0 Å². The van der Waals surface area contributed by atoms with Gasteiger partial charge in [0.2, 0.25) is 0 Å². The molecule has 1 aliphatic carbocycles. The molecular weight excluding hydrogens is 479 g/mol. The molecule has 4 rings (SSSR count). The van der Waals surface area contributed by atoms with Crippen LogP contribution in [-0.2, 0) is 4.57 Å². The summed E-state index contributed by atoms with van der Waals surface area (Å²) in [6.07, 6.45) is 13.1. The van der Waals surface area contributed by atoms with Gasteiger partial charge in [-0.2, -0.15) is 0 Å². The Labute approximate surface area is 212 Å². The molecule has 3 N–H and O–H groups in total. The molecule has 2 aliphatic rings. The number of piperidine rings is 1. The zero-order valence-corrected chi connectivity index (χ0v) is 22.2. The number of carbonyl (C=O) groups is 1. The van der Waals surface area contributed by atoms with Crippen LogP contribution in [0.25, 0.3) is 11.0 Å². The molecule has 3 atom stereocenters. The number of hydrogen-bond donors (Lipinski definition) is 3. The molecule has 1 aromatic heterocycles. The minimum atomic E-state index is -4.87. The highest BCUT2D eigenvalue weighted by Crippen LogP contribution is 2.35. The summed E-state index contributed by atoms with van der Waals surface area (Å²) in [5.74, 6) is -1.16. The Bertz CT molecular complexity index is 1170. The molecule has 2 heterocycles. The van der Waals surface area contributed by atoms with Crippen LogP contribution in [0.4, 0.5) is 0 Å². The Hall–Kier alpha value is -2.06. The maximum atomic E-state index is 13.5. The average Bonchev–Trinajstić information content (AvgIpc) is 2.78. The van der Waals surface area contributed by atoms with Gasteiger partial charge in [-0.1, -0.05) is 50.7 Å². The van der Waals surface area contributed by atoms with Crippen molar-refractivity contribution in [1.29, 1.82) is 0 Å². The number of rotatable bonds is 6. The van der Waals surface area contributed by atoms with Crippen LogP contribution in [0, 0.1) is 0 Å². The first kappa shape index (κ1) is 27.0. The third-order valence-electron chi connectivity index (χ3n) is 7.90. The van der Waals surface area contributed by atoms with Gasteiger partial charge in [0, 0.05) is 24.2 Å². The molecule has 0 radical (unpaired) electrons. The van der Waals surface area contributed by atoms with Gasteiger partial charge in [0.25, 0.3) is 11.5 Å². The van der Waals surface area contributed by atoms with Gasteiger partial charge in [-0.25, -0.2) is 9.55 Å². The Balaban J connectivity index is 1.67. The van der Waals surface area contributed by atoms with Crippen LogP contribution in [0.1, 0.15) is 101 Å². The average molecular weight is 519 g/mol. The van der Waals surface area contributed by atoms with E-state index in [-0.39, 0.29) is 6.04 Å². The van der Waals surface area contributed by atoms with Gasteiger partial charge in [0.1, 0.15) is 0 Å². The zero-order chi connectivity index (χ0) is 25.9. The number of nitrogens with zero attached hydrogens (tertiary/aromatic N) is 3. The predicted octanol–water partition coefficient (Wildman–Crippen LogP) is 4.53. The van der Waals surface area contributed by atoms with E-state index >= 15 is 0 Å². The van der Waals surface area contributed by atoms with E-state index in [1.54, 1.807) is 27.9 Å². The topological polar surface area (TPSA) is 125 Å². The number of para-hydroxylation sites is 2. The molecule has 1 saturated carbocycles. The molecule has 0 unspecified atom stereocenters. The fraction of sp³-hybridized carbons (Fsp3) is 0.654. The van der Waals surface area contributed by atoms with Gasteiger partial charge >= 0.3 is 7.75 Å². The van der Waals surface area contributed by atoms with E-state index in [2.05, 4.69) is 16.8 Å². The molecule has 0 bridgehead atoms. The molecule has 10 heteroatoms. The molecule has 36 heavy (non-hydrogen) atoms. The summed E-state index contributed by atoms with van der Waals surface area (Å²) < 4.78 is 12.9. The van der Waals surface area contributed by atoms with Gasteiger partial charge in [-0.15, -0.1) is 0 Å². The summed E-state index contributed by atoms with van der Waals surface area (Å²) in [5.41, 5.74) is -0.0796. The minimum absolute atomic E-state index is 0.224. The van der Waals surface area contributed by atoms with Crippen molar-refractivity contribution in [2.24, 2.45) is 0 Å². The molecule has 198 valence electrons. The van der Waals surface area contributed by atoms with E-state index in [1.807, 2.05) is 13.0 Å².